The number of hydrogen-bond acceptors (Lipinski definition) is 4. The number of carbonyl (C=O) groups excluding carboxylic acids is 2. The van der Waals surface area contributed by atoms with Crippen molar-refractivity contribution in [1.29, 1.82) is 0 Å². The van der Waals surface area contributed by atoms with Crippen LogP contribution >= 0.6 is 0 Å². The third-order valence-electron chi connectivity index (χ3n) is 3.26. The molecule has 0 spiro atoms. The Bertz CT molecular complexity index is 796. The molecule has 0 amide bonds. The smallest absolute Gasteiger partial charge is 0.255 e. The van der Waals surface area contributed by atoms with Crippen molar-refractivity contribution >= 4 is 18.3 Å². The Morgan fingerprint density at radius 1 is 1.00 bits per heavy atom. The molecule has 21 heavy (non-hydrogen) atoms. The number of carbonyl (C=O) groups is 2. The first-order valence-corrected chi connectivity index (χ1v) is 6.31. The second-order valence-corrected chi connectivity index (χ2v) is 4.63. The maximum atomic E-state index is 12.0. The SMILES string of the molecule is O=CC1(C=O)C=C(n2ccccc2=O)c2ccccc2O1. The van der Waals surface area contributed by atoms with E-state index >= 15 is 0 Å². The van der Waals surface area contributed by atoms with Gasteiger partial charge in [-0.25, -0.2) is 0 Å². The zero-order valence-corrected chi connectivity index (χ0v) is 10.9. The highest BCUT2D eigenvalue weighted by atomic mass is 16.5. The molecule has 5 heteroatoms. The standard InChI is InChI=1S/C16H11NO4/c18-10-16(11-19)9-13(17-8-4-3-7-15(17)20)12-5-1-2-6-14(12)21-16/h1-11H. The van der Waals surface area contributed by atoms with Gasteiger partial charge in [-0.2, -0.15) is 0 Å². The van der Waals surface area contributed by atoms with Crippen molar-refractivity contribution in [2.75, 3.05) is 0 Å². The number of hydrogen-bond donors (Lipinski definition) is 0. The molecule has 2 aromatic rings. The predicted molar refractivity (Wildman–Crippen MR) is 76.0 cm³/mol. The number of para-hydroxylation sites is 1. The molecule has 0 atom stereocenters. The van der Waals surface area contributed by atoms with E-state index in [-0.39, 0.29) is 5.56 Å². The van der Waals surface area contributed by atoms with Crippen LogP contribution in [0.25, 0.3) is 5.70 Å². The first-order valence-electron chi connectivity index (χ1n) is 6.31. The van der Waals surface area contributed by atoms with Crippen LogP contribution in [0.3, 0.4) is 0 Å². The van der Waals surface area contributed by atoms with E-state index < -0.39 is 5.60 Å². The molecule has 0 saturated carbocycles. The highest BCUT2D eigenvalue weighted by Gasteiger charge is 2.35. The summed E-state index contributed by atoms with van der Waals surface area (Å²) in [5.74, 6) is 0.380. The minimum absolute atomic E-state index is 0.258. The summed E-state index contributed by atoms with van der Waals surface area (Å²) in [7, 11) is 0. The third kappa shape index (κ3) is 2.08. The van der Waals surface area contributed by atoms with E-state index in [1.165, 1.54) is 16.7 Å². The van der Waals surface area contributed by atoms with Crippen LogP contribution in [0.2, 0.25) is 0 Å². The van der Waals surface area contributed by atoms with Gasteiger partial charge in [-0.15, -0.1) is 0 Å². The van der Waals surface area contributed by atoms with Crippen LogP contribution in [0.15, 0.2) is 59.5 Å². The van der Waals surface area contributed by atoms with Crippen molar-refractivity contribution in [2.24, 2.45) is 0 Å². The van der Waals surface area contributed by atoms with Gasteiger partial charge in [0.2, 0.25) is 5.60 Å². The maximum absolute atomic E-state index is 12.0. The molecule has 0 radical (unpaired) electrons. The number of fused-ring (bicyclic) bond motifs is 1. The van der Waals surface area contributed by atoms with Gasteiger partial charge in [0.1, 0.15) is 5.75 Å². The molecule has 0 saturated heterocycles. The summed E-state index contributed by atoms with van der Waals surface area (Å²) in [6.07, 6.45) is 3.78. The molecule has 104 valence electrons. The van der Waals surface area contributed by atoms with Crippen LogP contribution in [0.4, 0.5) is 0 Å². The Hall–Kier alpha value is -2.95. The second kappa shape index (κ2) is 4.86. The van der Waals surface area contributed by atoms with E-state index in [1.54, 1.807) is 42.6 Å². The highest BCUT2D eigenvalue weighted by Crippen LogP contribution is 2.34. The Morgan fingerprint density at radius 2 is 1.71 bits per heavy atom. The van der Waals surface area contributed by atoms with E-state index in [0.717, 1.165) is 0 Å². The van der Waals surface area contributed by atoms with Crippen LogP contribution in [-0.2, 0) is 9.59 Å². The molecule has 1 aliphatic rings. The molecule has 1 aromatic heterocycles. The first kappa shape index (κ1) is 13.1. The second-order valence-electron chi connectivity index (χ2n) is 4.63. The van der Waals surface area contributed by atoms with Gasteiger partial charge in [0, 0.05) is 17.8 Å². The molecule has 3 rings (SSSR count). The minimum Gasteiger partial charge on any atom is -0.467 e. The van der Waals surface area contributed by atoms with Crippen molar-refractivity contribution in [3.8, 4) is 5.75 Å². The Morgan fingerprint density at radius 3 is 2.43 bits per heavy atom. The van der Waals surface area contributed by atoms with Crippen LogP contribution in [0.5, 0.6) is 5.75 Å². The molecule has 0 fully saturated rings. The summed E-state index contributed by atoms with van der Waals surface area (Å²) in [6, 6.07) is 11.7. The van der Waals surface area contributed by atoms with Crippen molar-refractivity contribution < 1.29 is 14.3 Å². The molecule has 0 bridgehead atoms. The zero-order valence-electron chi connectivity index (χ0n) is 10.9. The van der Waals surface area contributed by atoms with Gasteiger partial charge in [-0.3, -0.25) is 19.0 Å². The summed E-state index contributed by atoms with van der Waals surface area (Å²) in [5.41, 5.74) is -0.878. The maximum Gasteiger partial charge on any atom is 0.255 e. The molecule has 2 heterocycles. The molecule has 0 unspecified atom stereocenters. The number of aromatic nitrogens is 1. The largest absolute Gasteiger partial charge is 0.467 e. The number of rotatable bonds is 3. The lowest BCUT2D eigenvalue weighted by atomic mass is 9.98. The van der Waals surface area contributed by atoms with E-state index in [4.69, 9.17) is 4.74 Å². The highest BCUT2D eigenvalue weighted by molar-refractivity contribution is 5.96. The lowest BCUT2D eigenvalue weighted by molar-refractivity contribution is -0.128. The third-order valence-corrected chi connectivity index (χ3v) is 3.26. The first-order chi connectivity index (χ1) is 10.2. The molecule has 0 aliphatic carbocycles. The van der Waals surface area contributed by atoms with Gasteiger partial charge >= 0.3 is 0 Å². The molecule has 1 aliphatic heterocycles. The van der Waals surface area contributed by atoms with Gasteiger partial charge < -0.3 is 4.74 Å². The molecule has 0 N–H and O–H groups in total. The molecular weight excluding hydrogens is 270 g/mol. The lowest BCUT2D eigenvalue weighted by Gasteiger charge is -2.29. The summed E-state index contributed by atoms with van der Waals surface area (Å²) in [6.45, 7) is 0. The van der Waals surface area contributed by atoms with Crippen molar-refractivity contribution in [3.05, 3.63) is 70.7 Å². The predicted octanol–water partition coefficient (Wildman–Crippen LogP) is 1.27. The zero-order chi connectivity index (χ0) is 14.9. The number of aldehydes is 2. The number of benzene rings is 1. The van der Waals surface area contributed by atoms with Gasteiger partial charge in [0.25, 0.3) is 5.56 Å². The van der Waals surface area contributed by atoms with E-state index in [9.17, 15) is 14.4 Å². The lowest BCUT2D eigenvalue weighted by Crippen LogP contribution is -2.41. The fourth-order valence-electron chi connectivity index (χ4n) is 2.25. The Labute approximate surface area is 120 Å². The number of ether oxygens (including phenoxy) is 1. The van der Waals surface area contributed by atoms with Gasteiger partial charge in [-0.1, -0.05) is 18.2 Å². The van der Waals surface area contributed by atoms with Gasteiger partial charge in [0.05, 0.1) is 5.70 Å². The van der Waals surface area contributed by atoms with Crippen LogP contribution < -0.4 is 10.3 Å². The summed E-state index contributed by atoms with van der Waals surface area (Å²) in [5, 5.41) is 0. The van der Waals surface area contributed by atoms with Crippen LogP contribution in [-0.4, -0.2) is 22.7 Å². The average Bonchev–Trinajstić information content (AvgIpc) is 2.54. The van der Waals surface area contributed by atoms with E-state index in [1.807, 2.05) is 0 Å². The Kier molecular flexibility index (Phi) is 3.02. The summed E-state index contributed by atoms with van der Waals surface area (Å²) in [4.78, 5) is 34.6. The van der Waals surface area contributed by atoms with Crippen molar-refractivity contribution in [1.82, 2.24) is 4.57 Å². The topological polar surface area (TPSA) is 65.4 Å². The Balaban J connectivity index is 2.31. The molecule has 1 aromatic carbocycles. The number of nitrogens with zero attached hydrogens (tertiary/aromatic N) is 1. The summed E-state index contributed by atoms with van der Waals surface area (Å²) >= 11 is 0. The van der Waals surface area contributed by atoms with Gasteiger partial charge in [-0.05, 0) is 24.3 Å². The van der Waals surface area contributed by atoms with Crippen molar-refractivity contribution in [2.45, 2.75) is 5.60 Å². The van der Waals surface area contributed by atoms with Crippen LogP contribution in [0, 0.1) is 0 Å². The van der Waals surface area contributed by atoms with E-state index in [0.29, 0.717) is 29.6 Å². The normalized spacial score (nSPS) is 15.3. The van der Waals surface area contributed by atoms with E-state index in [2.05, 4.69) is 0 Å². The fraction of sp³-hybridized carbons (Fsp3) is 0.0625. The molecular formula is C16H11NO4. The molecule has 5 nitrogen and oxygen atoms in total. The quantitative estimate of drug-likeness (QED) is 0.627. The van der Waals surface area contributed by atoms with Crippen molar-refractivity contribution in [3.63, 3.8) is 0 Å². The summed E-state index contributed by atoms with van der Waals surface area (Å²) < 4.78 is 6.86. The minimum atomic E-state index is -1.71. The number of pyridine rings is 1. The van der Waals surface area contributed by atoms with Gasteiger partial charge in [0.15, 0.2) is 12.6 Å². The fourth-order valence-corrected chi connectivity index (χ4v) is 2.25. The monoisotopic (exact) mass is 281 g/mol. The average molecular weight is 281 g/mol. The van der Waals surface area contributed by atoms with Crippen LogP contribution in [0.1, 0.15) is 5.56 Å².